The zero-order valence-corrected chi connectivity index (χ0v) is 35.1. The number of aliphatic carboxylic acids is 1. The summed E-state index contributed by atoms with van der Waals surface area (Å²) in [5, 5.41) is 21.2. The van der Waals surface area contributed by atoms with Gasteiger partial charge in [0.05, 0.1) is 31.0 Å². The van der Waals surface area contributed by atoms with Gasteiger partial charge in [0.1, 0.15) is 47.0 Å². The predicted molar refractivity (Wildman–Crippen MR) is 223 cm³/mol. The van der Waals surface area contributed by atoms with Crippen molar-refractivity contribution >= 4 is 57.3 Å². The monoisotopic (exact) mass is 846 g/mol. The van der Waals surface area contributed by atoms with Crippen molar-refractivity contribution in [3.05, 3.63) is 42.3 Å². The molecule has 4 amide bonds. The molecule has 5 atom stereocenters. The van der Waals surface area contributed by atoms with Crippen LogP contribution in [0, 0.1) is 11.8 Å². The fourth-order valence-corrected chi connectivity index (χ4v) is 9.40. The highest BCUT2D eigenvalue weighted by atomic mass is 32.1. The molecule has 3 aromatic rings. The number of thiazole rings is 1. The first-order valence-corrected chi connectivity index (χ1v) is 21.8. The zero-order valence-electron chi connectivity index (χ0n) is 34.3. The highest BCUT2D eigenvalue weighted by molar-refractivity contribution is 7.14. The fraction of sp³-hybridized carbons (Fsp3) is 0.558. The van der Waals surface area contributed by atoms with E-state index >= 15 is 0 Å². The van der Waals surface area contributed by atoms with E-state index in [2.05, 4.69) is 27.5 Å². The number of carbonyl (C=O) groups excluding carboxylic acids is 4. The number of methoxy groups -OCH3 is 1. The van der Waals surface area contributed by atoms with E-state index < -0.39 is 59.6 Å². The molecule has 0 spiro atoms. The molecule has 0 unspecified atom stereocenters. The van der Waals surface area contributed by atoms with Crippen molar-refractivity contribution in [2.45, 2.75) is 127 Å². The molecule has 17 heteroatoms. The Morgan fingerprint density at radius 3 is 2.37 bits per heavy atom. The first-order chi connectivity index (χ1) is 28.9. The molecule has 3 heterocycles. The molecule has 1 saturated heterocycles. The van der Waals surface area contributed by atoms with E-state index in [9.17, 15) is 29.1 Å². The summed E-state index contributed by atoms with van der Waals surface area (Å²) in [7, 11) is 1.55. The van der Waals surface area contributed by atoms with Crippen LogP contribution in [0.5, 0.6) is 11.5 Å². The Bertz CT molecular complexity index is 2100. The van der Waals surface area contributed by atoms with Gasteiger partial charge >= 0.3 is 18.2 Å². The average Bonchev–Trinajstić information content (AvgIpc) is 3.50. The third-order valence-corrected chi connectivity index (χ3v) is 12.7. The van der Waals surface area contributed by atoms with Crippen LogP contribution in [-0.2, 0) is 23.9 Å². The van der Waals surface area contributed by atoms with Gasteiger partial charge in [-0.2, -0.15) is 0 Å². The second kappa shape index (κ2) is 18.4. The molecule has 4 N–H and O–H groups in total. The van der Waals surface area contributed by atoms with Gasteiger partial charge in [0.15, 0.2) is 5.13 Å². The van der Waals surface area contributed by atoms with Gasteiger partial charge in [-0.05, 0) is 76.8 Å². The number of benzene rings is 1. The Kier molecular flexibility index (Phi) is 13.1. The van der Waals surface area contributed by atoms with Crippen molar-refractivity contribution in [1.29, 1.82) is 0 Å². The van der Waals surface area contributed by atoms with E-state index in [4.69, 9.17) is 23.9 Å². The van der Waals surface area contributed by atoms with Gasteiger partial charge in [0.25, 0.3) is 0 Å². The minimum atomic E-state index is -1.53. The van der Waals surface area contributed by atoms with E-state index in [-0.39, 0.29) is 37.5 Å². The summed E-state index contributed by atoms with van der Waals surface area (Å²) in [4.78, 5) is 78.2. The number of amides is 4. The summed E-state index contributed by atoms with van der Waals surface area (Å²) in [6.45, 7) is 7.21. The Labute approximate surface area is 352 Å². The molecule has 2 aromatic heterocycles. The van der Waals surface area contributed by atoms with Crippen molar-refractivity contribution in [2.75, 3.05) is 19.0 Å². The number of likely N-dealkylation sites (tertiary alicyclic amines) is 1. The number of carboxylic acids is 1. The highest BCUT2D eigenvalue weighted by Crippen LogP contribution is 2.45. The second-order valence-corrected chi connectivity index (χ2v) is 17.3. The summed E-state index contributed by atoms with van der Waals surface area (Å²) >= 11 is 1.20. The lowest BCUT2D eigenvalue weighted by Crippen LogP contribution is -2.58. The highest BCUT2D eigenvalue weighted by Gasteiger charge is 2.61. The van der Waals surface area contributed by atoms with Gasteiger partial charge in [-0.1, -0.05) is 31.8 Å². The third-order valence-electron chi connectivity index (χ3n) is 12.0. The number of hydrogen-bond acceptors (Lipinski definition) is 12. The second-order valence-electron chi connectivity index (χ2n) is 16.5. The van der Waals surface area contributed by atoms with Crippen LogP contribution in [0.4, 0.5) is 14.7 Å². The number of carbonyl (C=O) groups is 5. The largest absolute Gasteiger partial charge is 0.497 e. The molecular weight excluding hydrogens is 793 g/mol. The molecule has 16 nitrogen and oxygen atoms in total. The number of aromatic nitrogens is 2. The first-order valence-electron chi connectivity index (χ1n) is 20.9. The van der Waals surface area contributed by atoms with Crippen LogP contribution >= 0.6 is 11.3 Å². The molecule has 4 fully saturated rings. The average molecular weight is 847 g/mol. The van der Waals surface area contributed by atoms with E-state index in [0.717, 1.165) is 64.2 Å². The number of anilines is 1. The van der Waals surface area contributed by atoms with Crippen molar-refractivity contribution in [1.82, 2.24) is 25.5 Å². The standard InChI is InChI=1S/C43H54N6O10S/c1-5-26-21-43(26,39(52)53)48-37(50)34-19-29(22-49(34)38(51)36(25-12-8-6-9-13-25)46-41(54)59-27-14-10-7-11-15-27)58-35-20-32(44-31-18-28(56-4)16-17-30(31)35)33-23-60-40(45-33)47-42(55)57-24(2)3/h5,16-18,20,23-27,29,34,36H,1,6-15,19,21-22H2,2-4H3,(H,46,54)(H,48,50)(H,52,53)(H,45,47,55)/t26-,29-,34+,36+,43-/m1/s1. The number of alkyl carbamates (subject to hydrolysis) is 1. The summed E-state index contributed by atoms with van der Waals surface area (Å²) in [5.41, 5.74) is -0.122. The topological polar surface area (TPSA) is 208 Å². The van der Waals surface area contributed by atoms with Crippen LogP contribution in [-0.4, -0.2) is 99.5 Å². The number of fused-ring (bicyclic) bond motifs is 1. The van der Waals surface area contributed by atoms with Crippen molar-refractivity contribution in [2.24, 2.45) is 11.8 Å². The molecule has 0 radical (unpaired) electrons. The molecule has 3 saturated carbocycles. The van der Waals surface area contributed by atoms with Gasteiger partial charge in [-0.25, -0.2) is 24.4 Å². The number of pyridine rings is 1. The Hall–Kier alpha value is -5.45. The quantitative estimate of drug-likeness (QED) is 0.123. The maximum atomic E-state index is 14.9. The minimum Gasteiger partial charge on any atom is -0.497 e. The van der Waals surface area contributed by atoms with Crippen LogP contribution in [0.25, 0.3) is 22.3 Å². The van der Waals surface area contributed by atoms with Crippen LogP contribution in [0.2, 0.25) is 0 Å². The van der Waals surface area contributed by atoms with Crippen LogP contribution in [0.15, 0.2) is 42.3 Å². The number of ether oxygens (including phenoxy) is 4. The minimum absolute atomic E-state index is 0.0253. The number of carboxylic acid groups (broad SMARTS) is 1. The summed E-state index contributed by atoms with van der Waals surface area (Å²) in [5.74, 6) is -1.96. The molecule has 7 rings (SSSR count). The van der Waals surface area contributed by atoms with Gasteiger partial charge in [0.2, 0.25) is 11.8 Å². The van der Waals surface area contributed by atoms with Crippen LogP contribution in [0.3, 0.4) is 0 Å². The van der Waals surface area contributed by atoms with E-state index in [1.807, 2.05) is 0 Å². The Morgan fingerprint density at radius 1 is 0.967 bits per heavy atom. The molecule has 3 aliphatic carbocycles. The Balaban J connectivity index is 1.19. The van der Waals surface area contributed by atoms with Crippen LogP contribution in [0.1, 0.15) is 90.9 Å². The Morgan fingerprint density at radius 2 is 1.70 bits per heavy atom. The van der Waals surface area contributed by atoms with E-state index in [0.29, 0.717) is 38.9 Å². The SMILES string of the molecule is C=C[C@@H]1C[C@]1(NC(=O)[C@@H]1C[C@@H](Oc2cc(-c3csc(NC(=O)OC(C)C)n3)nc3cc(OC)ccc23)CN1C(=O)[C@@H](NC(=O)OC1CCCCC1)C1CCCCC1)C(=O)O. The van der Waals surface area contributed by atoms with E-state index in [1.54, 1.807) is 50.6 Å². The number of rotatable bonds is 14. The fourth-order valence-electron chi connectivity index (χ4n) is 8.71. The maximum Gasteiger partial charge on any atom is 0.413 e. The van der Waals surface area contributed by atoms with E-state index in [1.165, 1.54) is 22.3 Å². The zero-order chi connectivity index (χ0) is 42.6. The molecule has 1 aliphatic heterocycles. The number of nitrogens with one attached hydrogen (secondary N) is 3. The van der Waals surface area contributed by atoms with Gasteiger partial charge in [0, 0.05) is 35.2 Å². The van der Waals surface area contributed by atoms with Crippen molar-refractivity contribution in [3.63, 3.8) is 0 Å². The molecule has 0 bridgehead atoms. The smallest absolute Gasteiger partial charge is 0.413 e. The molecule has 4 aliphatic rings. The lowest BCUT2D eigenvalue weighted by atomic mass is 9.83. The van der Waals surface area contributed by atoms with Gasteiger partial charge in [-0.3, -0.25) is 14.9 Å². The summed E-state index contributed by atoms with van der Waals surface area (Å²) in [6.07, 6.45) is 7.99. The summed E-state index contributed by atoms with van der Waals surface area (Å²) < 4.78 is 23.2. The van der Waals surface area contributed by atoms with Gasteiger partial charge in [-0.15, -0.1) is 17.9 Å². The normalized spacial score (nSPS) is 23.7. The number of nitrogens with zero attached hydrogens (tertiary/aromatic N) is 3. The predicted octanol–water partition coefficient (Wildman–Crippen LogP) is 6.83. The lowest BCUT2D eigenvalue weighted by molar-refractivity contribution is -0.146. The third kappa shape index (κ3) is 9.61. The summed E-state index contributed by atoms with van der Waals surface area (Å²) in [6, 6.07) is 4.97. The lowest BCUT2D eigenvalue weighted by Gasteiger charge is -2.35. The number of hydrogen-bond donors (Lipinski definition) is 4. The molecule has 322 valence electrons. The van der Waals surface area contributed by atoms with Crippen molar-refractivity contribution < 1.29 is 48.0 Å². The van der Waals surface area contributed by atoms with Gasteiger partial charge < -0.3 is 39.6 Å². The molecule has 60 heavy (non-hydrogen) atoms. The maximum absolute atomic E-state index is 14.9. The van der Waals surface area contributed by atoms with Crippen molar-refractivity contribution in [3.8, 4) is 22.9 Å². The first kappa shape index (κ1) is 42.7. The van der Waals surface area contributed by atoms with Crippen LogP contribution < -0.4 is 25.4 Å². The molecule has 1 aromatic carbocycles. The molecular formula is C43H54N6O10S.